The maximum Gasteiger partial charge on any atom is 0.337 e. The van der Waals surface area contributed by atoms with Gasteiger partial charge in [0.15, 0.2) is 17.0 Å². The minimum absolute atomic E-state index is 0.153. The summed E-state index contributed by atoms with van der Waals surface area (Å²) in [6.45, 7) is 2.23. The van der Waals surface area contributed by atoms with Gasteiger partial charge in [-0.15, -0.1) is 11.3 Å². The van der Waals surface area contributed by atoms with E-state index in [4.69, 9.17) is 21.1 Å². The fraction of sp³-hybridized carbons (Fsp3) is 0.360. The SMILES string of the molecule is CN(CC1OCCO1)N=Cc1cccc(C[N+]2(S(=O)(=O)c3cc4ccc(Cl)cc4s3)CCNC(=O)C2)c1. The summed E-state index contributed by atoms with van der Waals surface area (Å²) < 4.78 is 39.7. The molecular weight excluding hydrogens is 536 g/mol. The number of piperazine rings is 1. The summed E-state index contributed by atoms with van der Waals surface area (Å²) in [7, 11) is -2.06. The molecule has 9 nitrogen and oxygen atoms in total. The van der Waals surface area contributed by atoms with Gasteiger partial charge in [-0.1, -0.05) is 35.9 Å². The molecule has 2 aromatic carbocycles. The van der Waals surface area contributed by atoms with Crippen molar-refractivity contribution in [2.75, 3.05) is 46.4 Å². The van der Waals surface area contributed by atoms with E-state index in [0.29, 0.717) is 24.8 Å². The first-order valence-corrected chi connectivity index (χ1v) is 14.5. The molecule has 5 rings (SSSR count). The molecule has 0 spiro atoms. The summed E-state index contributed by atoms with van der Waals surface area (Å²) in [5, 5.41) is 10.3. The van der Waals surface area contributed by atoms with Gasteiger partial charge in [-0.2, -0.15) is 13.5 Å². The number of carbonyl (C=O) groups excluding carboxylic acids is 1. The largest absolute Gasteiger partial charge is 0.348 e. The van der Waals surface area contributed by atoms with Crippen molar-refractivity contribution in [1.29, 1.82) is 0 Å². The van der Waals surface area contributed by atoms with Gasteiger partial charge in [0.25, 0.3) is 5.91 Å². The number of amides is 1. The lowest BCUT2D eigenvalue weighted by Crippen LogP contribution is -2.62. The maximum atomic E-state index is 14.1. The molecule has 1 N–H and O–H groups in total. The van der Waals surface area contributed by atoms with Gasteiger partial charge in [0.1, 0.15) is 13.1 Å². The summed E-state index contributed by atoms with van der Waals surface area (Å²) in [6, 6.07) is 14.6. The third-order valence-electron chi connectivity index (χ3n) is 6.43. The van der Waals surface area contributed by atoms with Crippen molar-refractivity contribution in [3.8, 4) is 0 Å². The zero-order valence-corrected chi connectivity index (χ0v) is 22.7. The smallest absolute Gasteiger partial charge is 0.337 e. The highest BCUT2D eigenvalue weighted by atomic mass is 35.5. The number of nitrogens with zero attached hydrogens (tertiary/aromatic N) is 3. The van der Waals surface area contributed by atoms with Crippen LogP contribution in [0, 0.1) is 0 Å². The van der Waals surface area contributed by atoms with E-state index in [0.717, 1.165) is 21.2 Å². The predicted molar refractivity (Wildman–Crippen MR) is 143 cm³/mol. The Hall–Kier alpha value is -2.54. The molecule has 196 valence electrons. The molecule has 2 saturated heterocycles. The zero-order chi connectivity index (χ0) is 26.0. The molecule has 1 aromatic heterocycles. The van der Waals surface area contributed by atoms with Crippen molar-refractivity contribution in [3.05, 3.63) is 64.7 Å². The molecule has 2 aliphatic rings. The lowest BCUT2D eigenvalue weighted by molar-refractivity contribution is -0.813. The van der Waals surface area contributed by atoms with Crippen LogP contribution in [0.2, 0.25) is 5.02 Å². The fourth-order valence-corrected chi connectivity index (χ4v) is 8.40. The Morgan fingerprint density at radius 3 is 2.81 bits per heavy atom. The van der Waals surface area contributed by atoms with Crippen LogP contribution in [0.5, 0.6) is 0 Å². The van der Waals surface area contributed by atoms with E-state index < -0.39 is 10.0 Å². The average Bonchev–Trinajstić information content (AvgIpc) is 3.53. The number of ether oxygens (including phenoxy) is 2. The zero-order valence-electron chi connectivity index (χ0n) is 20.3. The van der Waals surface area contributed by atoms with Gasteiger partial charge in [0.05, 0.1) is 32.5 Å². The lowest BCUT2D eigenvalue weighted by Gasteiger charge is -2.38. The van der Waals surface area contributed by atoms with Gasteiger partial charge in [-0.05, 0) is 35.2 Å². The molecule has 0 aliphatic carbocycles. The number of halogens is 1. The average molecular weight is 564 g/mol. The van der Waals surface area contributed by atoms with Crippen molar-refractivity contribution in [1.82, 2.24) is 10.3 Å². The molecule has 3 heterocycles. The minimum Gasteiger partial charge on any atom is -0.348 e. The van der Waals surface area contributed by atoms with Crippen LogP contribution in [0.1, 0.15) is 11.1 Å². The minimum atomic E-state index is -3.90. The number of likely N-dealkylation sites (N-methyl/N-ethyl adjacent to an activating group) is 1. The normalized spacial score (nSPS) is 21.1. The Balaban J connectivity index is 1.42. The van der Waals surface area contributed by atoms with Crippen molar-refractivity contribution in [2.24, 2.45) is 5.10 Å². The number of rotatable bonds is 8. The Kier molecular flexibility index (Phi) is 7.53. The number of fused-ring (bicyclic) bond motifs is 1. The second kappa shape index (κ2) is 10.7. The Morgan fingerprint density at radius 1 is 1.22 bits per heavy atom. The van der Waals surface area contributed by atoms with E-state index in [9.17, 15) is 13.2 Å². The molecule has 12 heteroatoms. The number of nitrogens with one attached hydrogen (secondary N) is 1. The molecular formula is C25H28ClN4O5S2+. The van der Waals surface area contributed by atoms with Gasteiger partial charge in [0.2, 0.25) is 0 Å². The molecule has 0 radical (unpaired) electrons. The number of sulfonamides is 1. The fourth-order valence-electron chi connectivity index (χ4n) is 4.56. The highest BCUT2D eigenvalue weighted by Gasteiger charge is 2.47. The van der Waals surface area contributed by atoms with E-state index in [1.165, 1.54) is 11.3 Å². The Bertz CT molecular complexity index is 1440. The van der Waals surface area contributed by atoms with Crippen LogP contribution >= 0.6 is 22.9 Å². The molecule has 3 aromatic rings. The molecule has 1 unspecified atom stereocenters. The van der Waals surface area contributed by atoms with E-state index in [1.807, 2.05) is 37.4 Å². The molecule has 0 bridgehead atoms. The molecule has 1 atom stereocenters. The number of hydrogen-bond donors (Lipinski definition) is 1. The van der Waals surface area contributed by atoms with Gasteiger partial charge < -0.3 is 14.8 Å². The van der Waals surface area contributed by atoms with Crippen molar-refractivity contribution in [3.63, 3.8) is 0 Å². The van der Waals surface area contributed by atoms with Gasteiger partial charge in [-0.25, -0.2) is 3.89 Å². The van der Waals surface area contributed by atoms with Crippen LogP contribution in [0.15, 0.2) is 57.8 Å². The third-order valence-corrected chi connectivity index (χ3v) is 10.5. The molecule has 2 fully saturated rings. The molecule has 1 amide bonds. The monoisotopic (exact) mass is 563 g/mol. The van der Waals surface area contributed by atoms with Crippen LogP contribution in [0.25, 0.3) is 10.1 Å². The number of hydrazone groups is 1. The summed E-state index contributed by atoms with van der Waals surface area (Å²) >= 11 is 7.30. The van der Waals surface area contributed by atoms with Crippen LogP contribution in [0.4, 0.5) is 0 Å². The first kappa shape index (κ1) is 26.1. The van der Waals surface area contributed by atoms with Gasteiger partial charge in [0, 0.05) is 22.3 Å². The number of thiophene rings is 1. The molecule has 2 aliphatic heterocycles. The number of quaternary nitrogens is 1. The first-order valence-electron chi connectivity index (χ1n) is 11.9. The maximum absolute atomic E-state index is 14.1. The first-order chi connectivity index (χ1) is 17.7. The van der Waals surface area contributed by atoms with Gasteiger partial charge in [-0.3, -0.25) is 9.80 Å². The number of carbonyl (C=O) groups is 1. The van der Waals surface area contributed by atoms with Crippen LogP contribution in [0.3, 0.4) is 0 Å². The standard InChI is InChI=1S/C25H27ClN4O5S2/c1-29(15-24-34-9-10-35-24)28-14-18-3-2-4-19(11-18)16-30(8-7-27-23(31)17-30)37(32,33)25-12-20-5-6-21(26)13-22(20)36-25/h2-6,11-14,24H,7-10,15-17H2,1H3/p+1. The van der Waals surface area contributed by atoms with E-state index in [-0.39, 0.29) is 46.5 Å². The Labute approximate surface area is 224 Å². The van der Waals surface area contributed by atoms with Crippen LogP contribution < -0.4 is 5.32 Å². The summed E-state index contributed by atoms with van der Waals surface area (Å²) in [5.74, 6) is -0.283. The molecule has 37 heavy (non-hydrogen) atoms. The van der Waals surface area contributed by atoms with Crippen LogP contribution in [-0.4, -0.2) is 82.2 Å². The van der Waals surface area contributed by atoms with E-state index in [1.54, 1.807) is 29.4 Å². The summed E-state index contributed by atoms with van der Waals surface area (Å²) in [5.41, 5.74) is 1.63. The van der Waals surface area contributed by atoms with E-state index in [2.05, 4.69) is 10.4 Å². The Morgan fingerprint density at radius 2 is 2.03 bits per heavy atom. The van der Waals surface area contributed by atoms with Crippen LogP contribution in [-0.2, 0) is 30.8 Å². The highest BCUT2D eigenvalue weighted by molar-refractivity contribution is 7.88. The second-order valence-corrected chi connectivity index (χ2v) is 13.1. The molecule has 0 saturated carbocycles. The second-order valence-electron chi connectivity index (χ2n) is 9.17. The number of hydrogen-bond acceptors (Lipinski definition) is 8. The van der Waals surface area contributed by atoms with Crippen molar-refractivity contribution in [2.45, 2.75) is 17.0 Å². The highest BCUT2D eigenvalue weighted by Crippen LogP contribution is 2.37. The summed E-state index contributed by atoms with van der Waals surface area (Å²) in [6.07, 6.45) is 1.42. The number of benzene rings is 2. The van der Waals surface area contributed by atoms with Gasteiger partial charge >= 0.3 is 10.0 Å². The predicted octanol–water partition coefficient (Wildman–Crippen LogP) is 3.03. The van der Waals surface area contributed by atoms with Crippen molar-refractivity contribution < 1.29 is 26.6 Å². The topological polar surface area (TPSA) is 97.3 Å². The lowest BCUT2D eigenvalue weighted by atomic mass is 10.1. The quantitative estimate of drug-likeness (QED) is 0.257. The van der Waals surface area contributed by atoms with E-state index >= 15 is 0 Å². The third kappa shape index (κ3) is 5.66. The van der Waals surface area contributed by atoms with Crippen molar-refractivity contribution >= 4 is 55.2 Å². The summed E-state index contributed by atoms with van der Waals surface area (Å²) in [4.78, 5) is 12.5.